The Labute approximate surface area is 240 Å². The number of hydrogen-bond donors (Lipinski definition) is 3. The average Bonchev–Trinajstić information content (AvgIpc) is 3.77. The second-order valence-corrected chi connectivity index (χ2v) is 10.0. The van der Waals surface area contributed by atoms with Crippen LogP contribution in [0.15, 0.2) is 65.8 Å². The first-order chi connectivity index (χ1) is 20.5. The number of ether oxygens (including phenoxy) is 3. The summed E-state index contributed by atoms with van der Waals surface area (Å²) in [4.78, 5) is 36.8. The number of carboxylic acid groups (broad SMARTS) is 1. The summed E-state index contributed by atoms with van der Waals surface area (Å²) in [6.45, 7) is 2.60. The number of aromatic nitrogens is 4. The number of urea groups is 1. The molecule has 0 bridgehead atoms. The molecular weight excluding hydrogens is 544 g/mol. The van der Waals surface area contributed by atoms with Crippen molar-refractivity contribution >= 4 is 35.1 Å². The summed E-state index contributed by atoms with van der Waals surface area (Å²) in [6, 6.07) is 10.7. The van der Waals surface area contributed by atoms with Crippen molar-refractivity contribution in [3.8, 4) is 0 Å². The largest absolute Gasteiger partial charge is 0.478 e. The minimum absolute atomic E-state index is 0.0153. The molecule has 42 heavy (non-hydrogen) atoms. The fraction of sp³-hybridized carbons (Fsp3) is 0.345. The lowest BCUT2D eigenvalue weighted by Gasteiger charge is -2.19. The monoisotopic (exact) mass is 574 g/mol. The molecule has 5 atom stereocenters. The molecule has 3 aromatic heterocycles. The van der Waals surface area contributed by atoms with Crippen molar-refractivity contribution in [2.45, 2.75) is 44.5 Å². The lowest BCUT2D eigenvalue weighted by molar-refractivity contribution is -0.0592. The Balaban J connectivity index is 1.23. The maximum Gasteiger partial charge on any atom is 0.339 e. The van der Waals surface area contributed by atoms with Gasteiger partial charge in [0, 0.05) is 12.5 Å². The molecule has 13 nitrogen and oxygen atoms in total. The van der Waals surface area contributed by atoms with Crippen molar-refractivity contribution in [3.05, 3.63) is 78.3 Å². The number of fused-ring (bicyclic) bond motifs is 2. The van der Waals surface area contributed by atoms with Gasteiger partial charge in [-0.05, 0) is 31.1 Å². The smallest absolute Gasteiger partial charge is 0.339 e. The third kappa shape index (κ3) is 5.62. The number of nitrogens with zero attached hydrogens (tertiary/aromatic N) is 4. The fourth-order valence-corrected chi connectivity index (χ4v) is 5.49. The summed E-state index contributed by atoms with van der Waals surface area (Å²) < 4.78 is 26.0. The van der Waals surface area contributed by atoms with E-state index in [2.05, 4.69) is 25.6 Å². The number of furan rings is 1. The molecule has 1 aliphatic carbocycles. The van der Waals surface area contributed by atoms with Crippen molar-refractivity contribution < 1.29 is 33.3 Å². The van der Waals surface area contributed by atoms with Crippen LogP contribution in [0.1, 0.15) is 41.1 Å². The van der Waals surface area contributed by atoms with Crippen molar-refractivity contribution in [2.75, 3.05) is 18.5 Å². The highest BCUT2D eigenvalue weighted by atomic mass is 16.7. The van der Waals surface area contributed by atoms with Gasteiger partial charge < -0.3 is 33.6 Å². The Morgan fingerprint density at radius 2 is 1.98 bits per heavy atom. The van der Waals surface area contributed by atoms with Crippen molar-refractivity contribution in [1.29, 1.82) is 0 Å². The van der Waals surface area contributed by atoms with Crippen LogP contribution in [0, 0.1) is 5.92 Å². The number of hydrogen-bond acceptors (Lipinski definition) is 9. The van der Waals surface area contributed by atoms with Gasteiger partial charge in [0.15, 0.2) is 23.3 Å². The maximum absolute atomic E-state index is 12.1. The molecular formula is C29H30N6O7. The van der Waals surface area contributed by atoms with Crippen molar-refractivity contribution in [2.24, 2.45) is 5.92 Å². The van der Waals surface area contributed by atoms with E-state index in [1.54, 1.807) is 6.33 Å². The standard InChI is InChI=1S/C29H30N6O7/c1-2-30-29(38)34-26-23-27(32-15-31-26)35(16-33-23)20-12-18(13-39-14-21-19(28(36)37)10-11-40-21)24-25(20)42-22(41-24)9-8-17-6-4-3-5-7-17/h3-11,15-16,18,20,22,24-25H,2,12-14H2,1H3,(H,36,37)(H2,30,31,32,34,38)/t18?,20?,22-,24?,25?/m0/s1. The number of rotatable bonds is 10. The number of imidazole rings is 1. The molecule has 4 heterocycles. The van der Waals surface area contributed by atoms with E-state index in [0.717, 1.165) is 5.56 Å². The molecule has 3 N–H and O–H groups in total. The zero-order valence-corrected chi connectivity index (χ0v) is 22.8. The Morgan fingerprint density at radius 3 is 2.79 bits per heavy atom. The van der Waals surface area contributed by atoms with Gasteiger partial charge in [0.1, 0.15) is 30.4 Å². The van der Waals surface area contributed by atoms with E-state index in [1.807, 2.05) is 54.0 Å². The average molecular weight is 575 g/mol. The minimum atomic E-state index is -1.07. The zero-order valence-electron chi connectivity index (χ0n) is 22.8. The predicted molar refractivity (Wildman–Crippen MR) is 149 cm³/mol. The Hall–Kier alpha value is -4.59. The SMILES string of the molecule is CCNC(=O)Nc1ncnc2c1ncn2C1CC(COCc2occc2C(=O)O)C2O[C@H](C=Cc3ccccc3)OC21. The van der Waals surface area contributed by atoms with Crippen LogP contribution in [0.5, 0.6) is 0 Å². The van der Waals surface area contributed by atoms with E-state index < -0.39 is 12.3 Å². The van der Waals surface area contributed by atoms with E-state index in [9.17, 15) is 14.7 Å². The third-order valence-corrected chi connectivity index (χ3v) is 7.37. The Bertz CT molecular complexity index is 1590. The first kappa shape index (κ1) is 27.6. The van der Waals surface area contributed by atoms with E-state index in [0.29, 0.717) is 36.6 Å². The van der Waals surface area contributed by atoms with Gasteiger partial charge in [-0.1, -0.05) is 36.4 Å². The molecule has 1 saturated carbocycles. The topological polar surface area (TPSA) is 163 Å². The molecule has 4 aromatic rings. The summed E-state index contributed by atoms with van der Waals surface area (Å²) in [5.74, 6) is -0.589. The number of amides is 2. The molecule has 0 spiro atoms. The molecule has 13 heteroatoms. The summed E-state index contributed by atoms with van der Waals surface area (Å²) in [6.07, 6.45) is 7.64. The molecule has 2 amide bonds. The lowest BCUT2D eigenvalue weighted by Crippen LogP contribution is -2.29. The van der Waals surface area contributed by atoms with Gasteiger partial charge in [-0.25, -0.2) is 24.5 Å². The van der Waals surface area contributed by atoms with E-state index >= 15 is 0 Å². The molecule has 0 radical (unpaired) electrons. The molecule has 1 aromatic carbocycles. The van der Waals surface area contributed by atoms with Crippen LogP contribution in [0.4, 0.5) is 10.6 Å². The molecule has 2 aliphatic rings. The highest BCUT2D eigenvalue weighted by molar-refractivity contribution is 5.95. The van der Waals surface area contributed by atoms with Gasteiger partial charge in [0.05, 0.1) is 31.3 Å². The lowest BCUT2D eigenvalue weighted by atomic mass is 10.1. The Kier molecular flexibility index (Phi) is 7.95. The normalized spacial score (nSPS) is 23.4. The molecule has 2 fully saturated rings. The second-order valence-electron chi connectivity index (χ2n) is 10.0. The number of carbonyl (C=O) groups excluding carboxylic acids is 1. The van der Waals surface area contributed by atoms with Crippen LogP contribution >= 0.6 is 0 Å². The number of carbonyl (C=O) groups is 2. The zero-order chi connectivity index (χ0) is 29.1. The van der Waals surface area contributed by atoms with Gasteiger partial charge in [0.25, 0.3) is 0 Å². The third-order valence-electron chi connectivity index (χ3n) is 7.37. The highest BCUT2D eigenvalue weighted by Gasteiger charge is 2.52. The first-order valence-corrected chi connectivity index (χ1v) is 13.7. The van der Waals surface area contributed by atoms with Gasteiger partial charge in [-0.3, -0.25) is 5.32 Å². The van der Waals surface area contributed by atoms with E-state index in [1.165, 1.54) is 18.7 Å². The highest BCUT2D eigenvalue weighted by Crippen LogP contribution is 2.45. The summed E-state index contributed by atoms with van der Waals surface area (Å²) in [5, 5.41) is 14.8. The summed E-state index contributed by atoms with van der Waals surface area (Å²) in [5.41, 5.74) is 2.11. The Morgan fingerprint density at radius 1 is 1.14 bits per heavy atom. The van der Waals surface area contributed by atoms with Gasteiger partial charge in [-0.2, -0.15) is 0 Å². The van der Waals surface area contributed by atoms with Crippen LogP contribution in [-0.4, -0.2) is 68.3 Å². The summed E-state index contributed by atoms with van der Waals surface area (Å²) >= 11 is 0. The van der Waals surface area contributed by atoms with Gasteiger partial charge in [-0.15, -0.1) is 0 Å². The first-order valence-electron chi connectivity index (χ1n) is 13.7. The number of anilines is 1. The van der Waals surface area contributed by atoms with Crippen LogP contribution in [0.2, 0.25) is 0 Å². The van der Waals surface area contributed by atoms with Gasteiger partial charge >= 0.3 is 12.0 Å². The molecule has 4 unspecified atom stereocenters. The van der Waals surface area contributed by atoms with Crippen LogP contribution in [0.3, 0.4) is 0 Å². The van der Waals surface area contributed by atoms with E-state index in [4.69, 9.17) is 18.6 Å². The number of benzene rings is 1. The van der Waals surface area contributed by atoms with Gasteiger partial charge in [0.2, 0.25) is 0 Å². The number of carboxylic acids is 1. The second kappa shape index (κ2) is 12.1. The molecule has 6 rings (SSSR count). The molecule has 218 valence electrons. The number of nitrogens with one attached hydrogen (secondary N) is 2. The quantitative estimate of drug-likeness (QED) is 0.253. The molecule has 1 aliphatic heterocycles. The number of aromatic carboxylic acids is 1. The van der Waals surface area contributed by atoms with E-state index in [-0.39, 0.29) is 48.1 Å². The fourth-order valence-electron chi connectivity index (χ4n) is 5.49. The predicted octanol–water partition coefficient (Wildman–Crippen LogP) is 3.86. The summed E-state index contributed by atoms with van der Waals surface area (Å²) in [7, 11) is 0. The van der Waals surface area contributed by atoms with Crippen LogP contribution in [-0.2, 0) is 20.8 Å². The minimum Gasteiger partial charge on any atom is -0.478 e. The maximum atomic E-state index is 12.1. The van der Waals surface area contributed by atoms with Crippen molar-refractivity contribution in [3.63, 3.8) is 0 Å². The van der Waals surface area contributed by atoms with Crippen molar-refractivity contribution in [1.82, 2.24) is 24.8 Å². The van der Waals surface area contributed by atoms with Crippen LogP contribution < -0.4 is 10.6 Å². The molecule has 1 saturated heterocycles. The van der Waals surface area contributed by atoms with Crippen LogP contribution in [0.25, 0.3) is 17.2 Å².